The van der Waals surface area contributed by atoms with Crippen LogP contribution in [0.1, 0.15) is 11.1 Å². The highest BCUT2D eigenvalue weighted by Gasteiger charge is 2.03. The number of hydrogen-bond acceptors (Lipinski definition) is 5. The van der Waals surface area contributed by atoms with Gasteiger partial charge in [0, 0.05) is 6.54 Å². The monoisotopic (exact) mass is 341 g/mol. The van der Waals surface area contributed by atoms with Gasteiger partial charge in [0.15, 0.2) is 6.61 Å². The summed E-state index contributed by atoms with van der Waals surface area (Å²) in [6, 6.07) is 16.5. The predicted octanol–water partition coefficient (Wildman–Crippen LogP) is 0.824. The van der Waals surface area contributed by atoms with Gasteiger partial charge in [-0.05, 0) is 35.4 Å². The first kappa shape index (κ1) is 18.2. The van der Waals surface area contributed by atoms with Crippen molar-refractivity contribution in [3.63, 3.8) is 0 Å². The van der Waals surface area contributed by atoms with Gasteiger partial charge in [-0.1, -0.05) is 30.3 Å². The van der Waals surface area contributed by atoms with Gasteiger partial charge in [0.1, 0.15) is 12.4 Å². The van der Waals surface area contributed by atoms with Crippen molar-refractivity contribution in [2.24, 2.45) is 5.10 Å². The average Bonchev–Trinajstić information content (AvgIpc) is 2.66. The van der Waals surface area contributed by atoms with Crippen molar-refractivity contribution in [3.05, 3.63) is 65.7 Å². The Bertz CT molecular complexity index is 715. The highest BCUT2D eigenvalue weighted by Crippen LogP contribution is 2.10. The molecule has 0 aliphatic heterocycles. The minimum Gasteiger partial charge on any atom is -0.484 e. The van der Waals surface area contributed by atoms with Gasteiger partial charge in [0.05, 0.1) is 6.21 Å². The maximum atomic E-state index is 11.8. The van der Waals surface area contributed by atoms with E-state index in [0.29, 0.717) is 12.3 Å². The summed E-state index contributed by atoms with van der Waals surface area (Å²) in [4.78, 5) is 22.6. The molecule has 0 saturated heterocycles. The molecule has 7 nitrogen and oxygen atoms in total. The Balaban J connectivity index is 1.73. The second-order valence-electron chi connectivity index (χ2n) is 5.07. The smallest absolute Gasteiger partial charge is 0.265 e. The first-order valence-electron chi connectivity index (χ1n) is 7.63. The fraction of sp³-hybridized carbons (Fsp3) is 0.167. The number of amides is 2. The molecule has 0 atom stereocenters. The SMILES string of the molecule is O=C(COc1ccc(/C=N\NC(=O)CO)cc1)NCc1ccccc1. The Morgan fingerprint density at radius 2 is 1.76 bits per heavy atom. The average molecular weight is 341 g/mol. The molecular weight excluding hydrogens is 322 g/mol. The van der Waals surface area contributed by atoms with Crippen molar-refractivity contribution in [3.8, 4) is 5.75 Å². The number of hydrogen-bond donors (Lipinski definition) is 3. The van der Waals surface area contributed by atoms with E-state index in [2.05, 4.69) is 15.8 Å². The van der Waals surface area contributed by atoms with Crippen molar-refractivity contribution < 1.29 is 19.4 Å². The molecule has 2 rings (SSSR count). The number of ether oxygens (including phenoxy) is 1. The second kappa shape index (κ2) is 9.84. The molecule has 3 N–H and O–H groups in total. The predicted molar refractivity (Wildman–Crippen MR) is 93.0 cm³/mol. The Hall–Kier alpha value is -3.19. The summed E-state index contributed by atoms with van der Waals surface area (Å²) >= 11 is 0. The molecule has 0 aliphatic carbocycles. The lowest BCUT2D eigenvalue weighted by Gasteiger charge is -2.07. The quantitative estimate of drug-likeness (QED) is 0.489. The van der Waals surface area contributed by atoms with E-state index in [0.717, 1.165) is 11.1 Å². The van der Waals surface area contributed by atoms with E-state index >= 15 is 0 Å². The Labute approximate surface area is 145 Å². The van der Waals surface area contributed by atoms with Crippen molar-refractivity contribution >= 4 is 18.0 Å². The number of nitrogens with one attached hydrogen (secondary N) is 2. The van der Waals surface area contributed by atoms with Crippen LogP contribution in [0.2, 0.25) is 0 Å². The molecule has 130 valence electrons. The van der Waals surface area contributed by atoms with Crippen LogP contribution >= 0.6 is 0 Å². The normalized spacial score (nSPS) is 10.4. The van der Waals surface area contributed by atoms with E-state index in [1.54, 1.807) is 24.3 Å². The molecule has 0 fully saturated rings. The summed E-state index contributed by atoms with van der Waals surface area (Å²) in [6.45, 7) is -0.235. The summed E-state index contributed by atoms with van der Waals surface area (Å²) in [6.07, 6.45) is 1.43. The van der Waals surface area contributed by atoms with Gasteiger partial charge in [-0.2, -0.15) is 5.10 Å². The van der Waals surface area contributed by atoms with Crippen LogP contribution in [0.15, 0.2) is 59.7 Å². The van der Waals surface area contributed by atoms with Crippen LogP contribution in [0.5, 0.6) is 5.75 Å². The van der Waals surface area contributed by atoms with Crippen molar-refractivity contribution in [2.45, 2.75) is 6.54 Å². The molecule has 0 heterocycles. The standard InChI is InChI=1S/C18H19N3O4/c22-12-17(23)21-20-11-15-6-8-16(9-7-15)25-13-18(24)19-10-14-4-2-1-3-5-14/h1-9,11,22H,10,12-13H2,(H,19,24)(H,21,23)/b20-11-. The number of carbonyl (C=O) groups excluding carboxylic acids is 2. The van der Waals surface area contributed by atoms with Gasteiger partial charge in [0.2, 0.25) is 0 Å². The van der Waals surface area contributed by atoms with E-state index in [1.807, 2.05) is 30.3 Å². The minimum atomic E-state index is -0.615. The fourth-order valence-electron chi connectivity index (χ4n) is 1.86. The number of nitrogens with zero attached hydrogens (tertiary/aromatic N) is 1. The number of rotatable bonds is 8. The molecule has 0 radical (unpaired) electrons. The molecule has 0 bridgehead atoms. The Morgan fingerprint density at radius 3 is 2.44 bits per heavy atom. The number of hydrazone groups is 1. The Morgan fingerprint density at radius 1 is 1.04 bits per heavy atom. The Kier molecular flexibility index (Phi) is 7.14. The summed E-state index contributed by atoms with van der Waals surface area (Å²) in [5, 5.41) is 15.0. The first-order valence-corrected chi connectivity index (χ1v) is 7.63. The summed E-state index contributed by atoms with van der Waals surface area (Å²) in [7, 11) is 0. The molecule has 0 aromatic heterocycles. The lowest BCUT2D eigenvalue weighted by molar-refractivity contribution is -0.124. The number of benzene rings is 2. The van der Waals surface area contributed by atoms with Crippen LogP contribution in [0.4, 0.5) is 0 Å². The molecule has 2 aromatic rings. The third kappa shape index (κ3) is 6.84. The van der Waals surface area contributed by atoms with Gasteiger partial charge in [-0.15, -0.1) is 0 Å². The number of aliphatic hydroxyl groups excluding tert-OH is 1. The van der Waals surface area contributed by atoms with Gasteiger partial charge >= 0.3 is 0 Å². The van der Waals surface area contributed by atoms with E-state index in [1.165, 1.54) is 6.21 Å². The van der Waals surface area contributed by atoms with E-state index in [-0.39, 0.29) is 12.5 Å². The van der Waals surface area contributed by atoms with Crippen LogP contribution in [-0.4, -0.2) is 36.3 Å². The van der Waals surface area contributed by atoms with Crippen molar-refractivity contribution in [2.75, 3.05) is 13.2 Å². The van der Waals surface area contributed by atoms with Gasteiger partial charge in [-0.3, -0.25) is 9.59 Å². The highest BCUT2D eigenvalue weighted by molar-refractivity contribution is 5.82. The minimum absolute atomic E-state index is 0.0766. The summed E-state index contributed by atoms with van der Waals surface area (Å²) in [5.41, 5.74) is 3.92. The van der Waals surface area contributed by atoms with Crippen LogP contribution < -0.4 is 15.5 Å². The maximum absolute atomic E-state index is 11.8. The van der Waals surface area contributed by atoms with Crippen LogP contribution in [0.25, 0.3) is 0 Å². The van der Waals surface area contributed by atoms with E-state index < -0.39 is 12.5 Å². The fourth-order valence-corrected chi connectivity index (χ4v) is 1.86. The zero-order chi connectivity index (χ0) is 17.9. The van der Waals surface area contributed by atoms with Crippen LogP contribution in [0, 0.1) is 0 Å². The summed E-state index contributed by atoms with van der Waals surface area (Å²) in [5.74, 6) is -0.245. The van der Waals surface area contributed by atoms with Crippen molar-refractivity contribution in [1.29, 1.82) is 0 Å². The topological polar surface area (TPSA) is 100 Å². The molecule has 25 heavy (non-hydrogen) atoms. The van der Waals surface area contributed by atoms with Gasteiger partial charge < -0.3 is 15.2 Å². The first-order chi connectivity index (χ1) is 12.2. The maximum Gasteiger partial charge on any atom is 0.265 e. The lowest BCUT2D eigenvalue weighted by atomic mass is 10.2. The van der Waals surface area contributed by atoms with Crippen LogP contribution in [0.3, 0.4) is 0 Å². The van der Waals surface area contributed by atoms with Gasteiger partial charge in [-0.25, -0.2) is 5.43 Å². The lowest BCUT2D eigenvalue weighted by Crippen LogP contribution is -2.28. The third-order valence-corrected chi connectivity index (χ3v) is 3.13. The second-order valence-corrected chi connectivity index (χ2v) is 5.07. The zero-order valence-corrected chi connectivity index (χ0v) is 13.5. The molecule has 7 heteroatoms. The molecule has 2 amide bonds. The number of carbonyl (C=O) groups is 2. The molecule has 0 aliphatic rings. The number of aliphatic hydroxyl groups is 1. The van der Waals surface area contributed by atoms with E-state index in [9.17, 15) is 9.59 Å². The molecule has 2 aromatic carbocycles. The third-order valence-electron chi connectivity index (χ3n) is 3.13. The van der Waals surface area contributed by atoms with Gasteiger partial charge in [0.25, 0.3) is 11.8 Å². The molecule has 0 unspecified atom stereocenters. The molecule has 0 spiro atoms. The van der Waals surface area contributed by atoms with Crippen molar-refractivity contribution in [1.82, 2.24) is 10.7 Å². The summed E-state index contributed by atoms with van der Waals surface area (Å²) < 4.78 is 5.41. The molecule has 0 saturated carbocycles. The zero-order valence-electron chi connectivity index (χ0n) is 13.5. The molecular formula is C18H19N3O4. The van der Waals surface area contributed by atoms with Crippen LogP contribution in [-0.2, 0) is 16.1 Å². The highest BCUT2D eigenvalue weighted by atomic mass is 16.5. The van der Waals surface area contributed by atoms with E-state index in [4.69, 9.17) is 9.84 Å². The largest absolute Gasteiger partial charge is 0.484 e.